The maximum atomic E-state index is 11.5. The lowest BCUT2D eigenvalue weighted by molar-refractivity contribution is 0.141. The van der Waals surface area contributed by atoms with E-state index in [0.29, 0.717) is 16.9 Å². The summed E-state index contributed by atoms with van der Waals surface area (Å²) in [5.41, 5.74) is 14.0. The maximum absolute atomic E-state index is 11.5. The average molecular weight is 295 g/mol. The van der Waals surface area contributed by atoms with Crippen LogP contribution in [0.1, 0.15) is 11.1 Å². The summed E-state index contributed by atoms with van der Waals surface area (Å²) in [5.74, 6) is 5.66. The molecule has 5 heteroatoms. The van der Waals surface area contributed by atoms with Gasteiger partial charge in [-0.1, -0.05) is 48.2 Å². The van der Waals surface area contributed by atoms with Crippen molar-refractivity contribution in [2.24, 2.45) is 0 Å². The highest BCUT2D eigenvalue weighted by molar-refractivity contribution is 5.71. The first kappa shape index (κ1) is 15.3. The fourth-order valence-electron chi connectivity index (χ4n) is 1.72. The van der Waals surface area contributed by atoms with Crippen molar-refractivity contribution in [3.8, 4) is 11.8 Å². The first-order valence-corrected chi connectivity index (χ1v) is 6.74. The topological polar surface area (TPSA) is 90.4 Å². The van der Waals surface area contributed by atoms with Gasteiger partial charge < -0.3 is 21.5 Å². The molecule has 0 unspecified atom stereocenters. The molecule has 22 heavy (non-hydrogen) atoms. The molecule has 0 bridgehead atoms. The van der Waals surface area contributed by atoms with Crippen LogP contribution in [0.15, 0.2) is 48.5 Å². The third-order valence-electron chi connectivity index (χ3n) is 2.90. The maximum Gasteiger partial charge on any atom is 0.408 e. The van der Waals surface area contributed by atoms with Gasteiger partial charge in [0.05, 0.1) is 17.9 Å². The first-order valence-electron chi connectivity index (χ1n) is 6.74. The number of nitrogens with one attached hydrogen (secondary N) is 1. The molecule has 0 aliphatic rings. The Labute approximate surface area is 129 Å². The zero-order valence-electron chi connectivity index (χ0n) is 12.0. The lowest BCUT2D eigenvalue weighted by Gasteiger charge is -2.04. The number of hydrogen-bond donors (Lipinski definition) is 3. The monoisotopic (exact) mass is 295 g/mol. The van der Waals surface area contributed by atoms with Crippen molar-refractivity contribution in [3.63, 3.8) is 0 Å². The van der Waals surface area contributed by atoms with Gasteiger partial charge in [0.15, 0.2) is 0 Å². The molecular weight excluding hydrogens is 278 g/mol. The molecule has 0 saturated carbocycles. The van der Waals surface area contributed by atoms with Gasteiger partial charge in [0.1, 0.15) is 6.61 Å². The molecule has 0 fully saturated rings. The van der Waals surface area contributed by atoms with E-state index in [9.17, 15) is 4.79 Å². The normalized spacial score (nSPS) is 9.45. The molecule has 5 nitrogen and oxygen atoms in total. The Morgan fingerprint density at radius 2 is 1.86 bits per heavy atom. The van der Waals surface area contributed by atoms with E-state index in [2.05, 4.69) is 17.2 Å². The van der Waals surface area contributed by atoms with Gasteiger partial charge in [-0.15, -0.1) is 0 Å². The lowest BCUT2D eigenvalue weighted by Crippen LogP contribution is -2.24. The predicted octanol–water partition coefficient (Wildman–Crippen LogP) is 2.13. The number of benzene rings is 2. The van der Waals surface area contributed by atoms with E-state index in [1.165, 1.54) is 0 Å². The molecule has 2 aromatic rings. The molecular formula is C17H17N3O2. The van der Waals surface area contributed by atoms with Crippen molar-refractivity contribution in [1.29, 1.82) is 0 Å². The number of nitrogen functional groups attached to an aromatic ring is 2. The highest BCUT2D eigenvalue weighted by Crippen LogP contribution is 2.17. The van der Waals surface area contributed by atoms with Crippen molar-refractivity contribution < 1.29 is 9.53 Å². The fourth-order valence-corrected chi connectivity index (χ4v) is 1.72. The quantitative estimate of drug-likeness (QED) is 0.597. The third-order valence-corrected chi connectivity index (χ3v) is 2.90. The summed E-state index contributed by atoms with van der Waals surface area (Å²) < 4.78 is 5.06. The molecule has 1 amide bonds. The number of amides is 1. The molecule has 5 N–H and O–H groups in total. The summed E-state index contributed by atoms with van der Waals surface area (Å²) in [6, 6.07) is 14.7. The number of alkyl carbamates (subject to hydrolysis) is 1. The number of nitrogens with two attached hydrogens (primary N) is 2. The Bertz CT molecular complexity index is 703. The van der Waals surface area contributed by atoms with E-state index >= 15 is 0 Å². The minimum atomic E-state index is -0.515. The molecule has 0 aromatic heterocycles. The SMILES string of the molecule is Nc1cccc(C#CCNC(=O)OCc2ccccc2)c1N. The Hall–Kier alpha value is -3.13. The minimum Gasteiger partial charge on any atom is -0.445 e. The van der Waals surface area contributed by atoms with Gasteiger partial charge in [0.25, 0.3) is 0 Å². The summed E-state index contributed by atoms with van der Waals surface area (Å²) in [6.07, 6.45) is -0.515. The van der Waals surface area contributed by atoms with E-state index < -0.39 is 6.09 Å². The van der Waals surface area contributed by atoms with Gasteiger partial charge in [-0.3, -0.25) is 0 Å². The third kappa shape index (κ3) is 4.46. The van der Waals surface area contributed by atoms with E-state index in [-0.39, 0.29) is 13.2 Å². The standard InChI is InChI=1S/C17H17N3O2/c18-15-10-4-8-14(16(15)19)9-5-11-20-17(21)22-12-13-6-2-1-3-7-13/h1-4,6-8,10H,11-12,18-19H2,(H,20,21). The van der Waals surface area contributed by atoms with Gasteiger partial charge in [-0.05, 0) is 17.7 Å². The van der Waals surface area contributed by atoms with E-state index in [0.717, 1.165) is 5.56 Å². The van der Waals surface area contributed by atoms with Crippen LogP contribution < -0.4 is 16.8 Å². The Morgan fingerprint density at radius 3 is 2.64 bits per heavy atom. The van der Waals surface area contributed by atoms with Crippen LogP contribution in [0.4, 0.5) is 16.2 Å². The summed E-state index contributed by atoms with van der Waals surface area (Å²) >= 11 is 0. The molecule has 0 aliphatic carbocycles. The highest BCUT2D eigenvalue weighted by Gasteiger charge is 2.01. The van der Waals surface area contributed by atoms with Gasteiger partial charge >= 0.3 is 6.09 Å². The van der Waals surface area contributed by atoms with Crippen LogP contribution >= 0.6 is 0 Å². The van der Waals surface area contributed by atoms with Crippen LogP contribution in [0.5, 0.6) is 0 Å². The largest absolute Gasteiger partial charge is 0.445 e. The number of carbonyl (C=O) groups excluding carboxylic acids is 1. The highest BCUT2D eigenvalue weighted by atomic mass is 16.5. The van der Waals surface area contributed by atoms with Crippen molar-refractivity contribution >= 4 is 17.5 Å². The number of carbonyl (C=O) groups is 1. The Balaban J connectivity index is 1.78. The summed E-state index contributed by atoms with van der Waals surface area (Å²) in [4.78, 5) is 11.5. The zero-order chi connectivity index (χ0) is 15.8. The molecule has 0 radical (unpaired) electrons. The van der Waals surface area contributed by atoms with Crippen LogP contribution in [0, 0.1) is 11.8 Å². The lowest BCUT2D eigenvalue weighted by atomic mass is 10.1. The van der Waals surface area contributed by atoms with E-state index in [1.54, 1.807) is 18.2 Å². The van der Waals surface area contributed by atoms with E-state index in [4.69, 9.17) is 16.2 Å². The average Bonchev–Trinajstić information content (AvgIpc) is 2.54. The summed E-state index contributed by atoms with van der Waals surface area (Å²) in [5, 5.41) is 2.55. The minimum absolute atomic E-state index is 0.169. The van der Waals surface area contributed by atoms with Crippen LogP contribution in [0.2, 0.25) is 0 Å². The molecule has 0 heterocycles. The van der Waals surface area contributed by atoms with Crippen LogP contribution in [0.3, 0.4) is 0 Å². The smallest absolute Gasteiger partial charge is 0.408 e. The Morgan fingerprint density at radius 1 is 1.09 bits per heavy atom. The number of para-hydroxylation sites is 1. The molecule has 0 aliphatic heterocycles. The van der Waals surface area contributed by atoms with Gasteiger partial charge in [0, 0.05) is 5.56 Å². The fraction of sp³-hybridized carbons (Fsp3) is 0.118. The second kappa shape index (κ2) is 7.60. The van der Waals surface area contributed by atoms with Crippen LogP contribution in [-0.2, 0) is 11.3 Å². The molecule has 112 valence electrons. The zero-order valence-corrected chi connectivity index (χ0v) is 12.0. The van der Waals surface area contributed by atoms with Crippen molar-refractivity contribution in [1.82, 2.24) is 5.32 Å². The summed E-state index contributed by atoms with van der Waals surface area (Å²) in [7, 11) is 0. The Kier molecular flexibility index (Phi) is 5.27. The van der Waals surface area contributed by atoms with E-state index in [1.807, 2.05) is 30.3 Å². The van der Waals surface area contributed by atoms with Crippen molar-refractivity contribution in [2.75, 3.05) is 18.0 Å². The van der Waals surface area contributed by atoms with Crippen molar-refractivity contribution in [2.45, 2.75) is 6.61 Å². The molecule has 2 rings (SSSR count). The number of anilines is 2. The van der Waals surface area contributed by atoms with Gasteiger partial charge in [0.2, 0.25) is 0 Å². The second-order valence-corrected chi connectivity index (χ2v) is 4.53. The second-order valence-electron chi connectivity index (χ2n) is 4.53. The number of rotatable bonds is 3. The molecule has 0 spiro atoms. The summed E-state index contributed by atoms with van der Waals surface area (Å²) in [6.45, 7) is 0.393. The first-order chi connectivity index (χ1) is 10.7. The molecule has 2 aromatic carbocycles. The predicted molar refractivity (Wildman–Crippen MR) is 86.8 cm³/mol. The number of ether oxygens (including phenoxy) is 1. The van der Waals surface area contributed by atoms with Gasteiger partial charge in [-0.25, -0.2) is 4.79 Å². The molecule has 0 atom stereocenters. The molecule has 0 saturated heterocycles. The van der Waals surface area contributed by atoms with Crippen molar-refractivity contribution in [3.05, 3.63) is 59.7 Å². The number of hydrogen-bond acceptors (Lipinski definition) is 4. The van der Waals surface area contributed by atoms with Crippen LogP contribution in [0.25, 0.3) is 0 Å². The van der Waals surface area contributed by atoms with Crippen LogP contribution in [-0.4, -0.2) is 12.6 Å². The van der Waals surface area contributed by atoms with Gasteiger partial charge in [-0.2, -0.15) is 0 Å².